The van der Waals surface area contributed by atoms with Crippen molar-refractivity contribution in [2.75, 3.05) is 39.5 Å². The fraction of sp³-hybridized carbons (Fsp3) is 0.538. The Morgan fingerprint density at radius 3 is 2.68 bits per heavy atom. The Balaban J connectivity index is 1.91. The van der Waals surface area contributed by atoms with Crippen LogP contribution in [0.2, 0.25) is 0 Å². The summed E-state index contributed by atoms with van der Waals surface area (Å²) >= 11 is 0. The molecule has 1 unspecified atom stereocenters. The summed E-state index contributed by atoms with van der Waals surface area (Å²) in [6.07, 6.45) is 0. The van der Waals surface area contributed by atoms with Gasteiger partial charge >= 0.3 is 0 Å². The molecule has 0 amide bonds. The van der Waals surface area contributed by atoms with Crippen LogP contribution >= 0.6 is 0 Å². The van der Waals surface area contributed by atoms with Crippen molar-refractivity contribution in [2.45, 2.75) is 6.04 Å². The molecule has 106 valence electrons. The van der Waals surface area contributed by atoms with Gasteiger partial charge in [0.15, 0.2) is 11.6 Å². The number of halogens is 2. The maximum absolute atomic E-state index is 13.4. The van der Waals surface area contributed by atoms with E-state index in [-0.39, 0.29) is 18.4 Å². The van der Waals surface area contributed by atoms with Gasteiger partial charge in [0.05, 0.1) is 19.3 Å². The molecule has 1 aromatic carbocycles. The average Bonchev–Trinajstić information content (AvgIpc) is 2.43. The van der Waals surface area contributed by atoms with Gasteiger partial charge in [-0.25, -0.2) is 8.78 Å². The summed E-state index contributed by atoms with van der Waals surface area (Å²) in [5.74, 6) is -1.26. The first-order valence-electron chi connectivity index (χ1n) is 6.30. The highest BCUT2D eigenvalue weighted by atomic mass is 19.1. The number of benzene rings is 1. The predicted molar refractivity (Wildman–Crippen MR) is 67.1 cm³/mol. The van der Waals surface area contributed by atoms with E-state index in [0.717, 1.165) is 19.2 Å². The lowest BCUT2D eigenvalue weighted by Crippen LogP contribution is -2.49. The lowest BCUT2D eigenvalue weighted by Gasteiger charge is -2.33. The quantitative estimate of drug-likeness (QED) is 0.869. The van der Waals surface area contributed by atoms with E-state index in [2.05, 4.69) is 4.90 Å². The van der Waals surface area contributed by atoms with Gasteiger partial charge in [0, 0.05) is 25.7 Å². The Bertz CT molecular complexity index is 412. The largest absolute Gasteiger partial charge is 0.489 e. The van der Waals surface area contributed by atoms with Crippen LogP contribution in [0.1, 0.15) is 0 Å². The smallest absolute Gasteiger partial charge is 0.167 e. The standard InChI is InChI=1S/C13H18F2N2O2/c14-10-1-2-13(12(15)7-10)19-9-11(8-16)17-3-5-18-6-4-17/h1-2,7,11H,3-6,8-9,16H2. The van der Waals surface area contributed by atoms with E-state index < -0.39 is 11.6 Å². The summed E-state index contributed by atoms with van der Waals surface area (Å²) in [6, 6.07) is 3.28. The summed E-state index contributed by atoms with van der Waals surface area (Å²) in [4.78, 5) is 2.16. The minimum atomic E-state index is -0.697. The molecular weight excluding hydrogens is 254 g/mol. The number of morpholine rings is 1. The van der Waals surface area contributed by atoms with E-state index in [9.17, 15) is 8.78 Å². The van der Waals surface area contributed by atoms with E-state index in [1.54, 1.807) is 0 Å². The van der Waals surface area contributed by atoms with Crippen molar-refractivity contribution in [1.82, 2.24) is 4.90 Å². The third-order valence-corrected chi connectivity index (χ3v) is 3.16. The molecule has 0 aliphatic carbocycles. The topological polar surface area (TPSA) is 47.7 Å². The summed E-state index contributed by atoms with van der Waals surface area (Å²) in [7, 11) is 0. The predicted octanol–water partition coefficient (Wildman–Crippen LogP) is 1.00. The van der Waals surface area contributed by atoms with Crippen LogP contribution in [0.5, 0.6) is 5.75 Å². The zero-order valence-electron chi connectivity index (χ0n) is 10.6. The van der Waals surface area contributed by atoms with Gasteiger partial charge in [-0.15, -0.1) is 0 Å². The number of rotatable bonds is 5. The second-order valence-electron chi connectivity index (χ2n) is 4.42. The fourth-order valence-corrected chi connectivity index (χ4v) is 2.04. The summed E-state index contributed by atoms with van der Waals surface area (Å²) in [5.41, 5.74) is 5.71. The van der Waals surface area contributed by atoms with E-state index in [1.807, 2.05) is 0 Å². The van der Waals surface area contributed by atoms with Crippen molar-refractivity contribution >= 4 is 0 Å². The molecule has 0 saturated carbocycles. The highest BCUT2D eigenvalue weighted by molar-refractivity contribution is 5.24. The van der Waals surface area contributed by atoms with Crippen molar-refractivity contribution in [1.29, 1.82) is 0 Å². The lowest BCUT2D eigenvalue weighted by molar-refractivity contribution is 0.00791. The Morgan fingerprint density at radius 1 is 1.32 bits per heavy atom. The van der Waals surface area contributed by atoms with Gasteiger partial charge in [0.2, 0.25) is 0 Å². The van der Waals surface area contributed by atoms with Crippen LogP contribution in [0.4, 0.5) is 8.78 Å². The molecule has 1 aromatic rings. The zero-order valence-corrected chi connectivity index (χ0v) is 10.6. The van der Waals surface area contributed by atoms with Gasteiger partial charge < -0.3 is 15.2 Å². The lowest BCUT2D eigenvalue weighted by atomic mass is 10.2. The van der Waals surface area contributed by atoms with Crippen molar-refractivity contribution < 1.29 is 18.3 Å². The number of hydrogen-bond donors (Lipinski definition) is 1. The number of ether oxygens (including phenoxy) is 2. The highest BCUT2D eigenvalue weighted by Gasteiger charge is 2.20. The summed E-state index contributed by atoms with van der Waals surface area (Å²) in [6.45, 7) is 3.61. The molecule has 0 bridgehead atoms. The fourth-order valence-electron chi connectivity index (χ4n) is 2.04. The molecule has 2 rings (SSSR count). The van der Waals surface area contributed by atoms with Gasteiger partial charge in [-0.2, -0.15) is 0 Å². The number of hydrogen-bond acceptors (Lipinski definition) is 4. The molecule has 0 spiro atoms. The normalized spacial score (nSPS) is 18.3. The summed E-state index contributed by atoms with van der Waals surface area (Å²) in [5, 5.41) is 0. The SMILES string of the molecule is NCC(COc1ccc(F)cc1F)N1CCOCC1. The van der Waals surface area contributed by atoms with Crippen LogP contribution in [0.15, 0.2) is 18.2 Å². The molecular formula is C13H18F2N2O2. The van der Waals surface area contributed by atoms with Crippen molar-refractivity contribution in [3.63, 3.8) is 0 Å². The maximum atomic E-state index is 13.4. The molecule has 1 heterocycles. The van der Waals surface area contributed by atoms with Crippen LogP contribution in [0, 0.1) is 11.6 Å². The first-order valence-corrected chi connectivity index (χ1v) is 6.30. The summed E-state index contributed by atoms with van der Waals surface area (Å²) < 4.78 is 36.8. The van der Waals surface area contributed by atoms with E-state index >= 15 is 0 Å². The van der Waals surface area contributed by atoms with Gasteiger partial charge in [0.25, 0.3) is 0 Å². The Morgan fingerprint density at radius 2 is 2.05 bits per heavy atom. The first-order chi connectivity index (χ1) is 9.20. The molecule has 0 radical (unpaired) electrons. The average molecular weight is 272 g/mol. The van der Waals surface area contributed by atoms with E-state index in [1.165, 1.54) is 12.1 Å². The molecule has 4 nitrogen and oxygen atoms in total. The second-order valence-corrected chi connectivity index (χ2v) is 4.42. The Kier molecular flexibility index (Phi) is 5.07. The third kappa shape index (κ3) is 3.86. The van der Waals surface area contributed by atoms with Crippen LogP contribution in [-0.4, -0.2) is 50.4 Å². The Labute approximate surface area is 111 Å². The van der Waals surface area contributed by atoms with Gasteiger partial charge in [-0.3, -0.25) is 4.90 Å². The monoisotopic (exact) mass is 272 g/mol. The molecule has 19 heavy (non-hydrogen) atoms. The van der Waals surface area contributed by atoms with Crippen molar-refractivity contribution in [3.8, 4) is 5.75 Å². The van der Waals surface area contributed by atoms with Crippen molar-refractivity contribution in [3.05, 3.63) is 29.8 Å². The molecule has 6 heteroatoms. The van der Waals surface area contributed by atoms with E-state index in [0.29, 0.717) is 19.8 Å². The molecule has 1 saturated heterocycles. The molecule has 2 N–H and O–H groups in total. The Hall–Kier alpha value is -1.24. The van der Waals surface area contributed by atoms with Crippen LogP contribution in [0.3, 0.4) is 0 Å². The van der Waals surface area contributed by atoms with Crippen LogP contribution in [0.25, 0.3) is 0 Å². The number of nitrogens with zero attached hydrogens (tertiary/aromatic N) is 1. The van der Waals surface area contributed by atoms with Crippen molar-refractivity contribution in [2.24, 2.45) is 5.73 Å². The minimum Gasteiger partial charge on any atom is -0.489 e. The van der Waals surface area contributed by atoms with E-state index in [4.69, 9.17) is 15.2 Å². The molecule has 1 aliphatic heterocycles. The van der Waals surface area contributed by atoms with Gasteiger partial charge in [-0.05, 0) is 12.1 Å². The minimum absolute atomic E-state index is 0.00773. The first kappa shape index (κ1) is 14.2. The zero-order chi connectivity index (χ0) is 13.7. The molecule has 1 aliphatic rings. The van der Waals surface area contributed by atoms with Gasteiger partial charge in [0.1, 0.15) is 12.4 Å². The molecule has 1 atom stereocenters. The van der Waals surface area contributed by atoms with Crippen LogP contribution < -0.4 is 10.5 Å². The highest BCUT2D eigenvalue weighted by Crippen LogP contribution is 2.18. The third-order valence-electron chi connectivity index (χ3n) is 3.16. The maximum Gasteiger partial charge on any atom is 0.167 e. The van der Waals surface area contributed by atoms with Crippen LogP contribution in [-0.2, 0) is 4.74 Å². The molecule has 0 aromatic heterocycles. The molecule has 1 fully saturated rings. The second kappa shape index (κ2) is 6.79. The van der Waals surface area contributed by atoms with Gasteiger partial charge in [-0.1, -0.05) is 0 Å². The number of nitrogens with two attached hydrogens (primary N) is 1.